The van der Waals surface area contributed by atoms with Crippen molar-refractivity contribution in [1.29, 1.82) is 0 Å². The summed E-state index contributed by atoms with van der Waals surface area (Å²) in [6.07, 6.45) is 2.29. The molecular formula is C13H16N4O2S. The number of nitrogens with one attached hydrogen (secondary N) is 1. The van der Waals surface area contributed by atoms with Gasteiger partial charge in [0, 0.05) is 11.9 Å². The second-order valence-electron chi connectivity index (χ2n) is 4.25. The topological polar surface area (TPSA) is 98.0 Å². The molecule has 0 atom stereocenters. The third-order valence-corrected chi connectivity index (χ3v) is 4.28. The zero-order valence-corrected chi connectivity index (χ0v) is 11.9. The molecular weight excluding hydrogens is 276 g/mol. The van der Waals surface area contributed by atoms with Crippen LogP contribution in [0.4, 0.5) is 5.69 Å². The van der Waals surface area contributed by atoms with E-state index in [2.05, 4.69) is 14.9 Å². The Bertz CT molecular complexity index is 687. The van der Waals surface area contributed by atoms with Gasteiger partial charge in [0.15, 0.2) is 0 Å². The van der Waals surface area contributed by atoms with E-state index in [4.69, 9.17) is 5.73 Å². The van der Waals surface area contributed by atoms with Crippen LogP contribution in [0, 0.1) is 0 Å². The van der Waals surface area contributed by atoms with Crippen molar-refractivity contribution in [3.05, 3.63) is 47.8 Å². The molecule has 0 aliphatic carbocycles. The van der Waals surface area contributed by atoms with Gasteiger partial charge < -0.3 is 5.73 Å². The number of aryl methyl sites for hydroxylation is 1. The monoisotopic (exact) mass is 292 g/mol. The summed E-state index contributed by atoms with van der Waals surface area (Å²) < 4.78 is 26.8. The number of hydrogen-bond acceptors (Lipinski definition) is 5. The molecule has 0 radical (unpaired) electrons. The fraction of sp³-hybridized carbons (Fsp3) is 0.231. The first-order valence-electron chi connectivity index (χ1n) is 6.17. The molecule has 0 aliphatic heterocycles. The van der Waals surface area contributed by atoms with Gasteiger partial charge in [-0.05, 0) is 36.2 Å². The standard InChI is InChI=1S/C13H16N4O2S/c1-2-10-5-6-12(8-13(10)14)20(18,19)16-9-11-4-3-7-15-17-11/h3-8,16H,2,9,14H2,1H3. The van der Waals surface area contributed by atoms with Crippen LogP contribution in [0.2, 0.25) is 0 Å². The predicted molar refractivity (Wildman–Crippen MR) is 76.3 cm³/mol. The first-order chi connectivity index (χ1) is 9.53. The number of hydrogen-bond donors (Lipinski definition) is 2. The smallest absolute Gasteiger partial charge is 0.240 e. The van der Waals surface area contributed by atoms with Gasteiger partial charge in [0.2, 0.25) is 10.0 Å². The Morgan fingerprint density at radius 2 is 2.10 bits per heavy atom. The van der Waals surface area contributed by atoms with Crippen molar-refractivity contribution >= 4 is 15.7 Å². The lowest BCUT2D eigenvalue weighted by molar-refractivity contribution is 0.580. The molecule has 0 saturated carbocycles. The molecule has 0 saturated heterocycles. The summed E-state index contributed by atoms with van der Waals surface area (Å²) in [6, 6.07) is 8.15. The molecule has 0 spiro atoms. The summed E-state index contributed by atoms with van der Waals surface area (Å²) >= 11 is 0. The van der Waals surface area contributed by atoms with E-state index in [-0.39, 0.29) is 11.4 Å². The second-order valence-corrected chi connectivity index (χ2v) is 6.02. The summed E-state index contributed by atoms with van der Waals surface area (Å²) in [5, 5.41) is 7.51. The maximum Gasteiger partial charge on any atom is 0.240 e. The molecule has 0 bridgehead atoms. The average Bonchev–Trinajstić information content (AvgIpc) is 2.46. The molecule has 0 amide bonds. The van der Waals surface area contributed by atoms with Crippen molar-refractivity contribution in [1.82, 2.24) is 14.9 Å². The molecule has 2 rings (SSSR count). The number of sulfonamides is 1. The first-order valence-corrected chi connectivity index (χ1v) is 7.66. The van der Waals surface area contributed by atoms with Gasteiger partial charge in [0.05, 0.1) is 17.1 Å². The number of nitrogens with zero attached hydrogens (tertiary/aromatic N) is 2. The highest BCUT2D eigenvalue weighted by Gasteiger charge is 2.15. The third-order valence-electron chi connectivity index (χ3n) is 2.88. The second kappa shape index (κ2) is 5.98. The molecule has 0 fully saturated rings. The van der Waals surface area contributed by atoms with Crippen LogP contribution in [0.15, 0.2) is 41.4 Å². The van der Waals surface area contributed by atoms with E-state index in [1.807, 2.05) is 6.92 Å². The minimum absolute atomic E-state index is 0.0889. The summed E-state index contributed by atoms with van der Waals surface area (Å²) in [7, 11) is -3.60. The minimum Gasteiger partial charge on any atom is -0.398 e. The van der Waals surface area contributed by atoms with E-state index in [1.54, 1.807) is 24.3 Å². The Kier molecular flexibility index (Phi) is 4.31. The van der Waals surface area contributed by atoms with Gasteiger partial charge in [-0.3, -0.25) is 0 Å². The van der Waals surface area contributed by atoms with E-state index in [9.17, 15) is 8.42 Å². The van der Waals surface area contributed by atoms with E-state index in [0.717, 1.165) is 12.0 Å². The van der Waals surface area contributed by atoms with Crippen LogP contribution in [0.5, 0.6) is 0 Å². The number of rotatable bonds is 5. The molecule has 0 aliphatic rings. The number of benzene rings is 1. The highest BCUT2D eigenvalue weighted by Crippen LogP contribution is 2.18. The highest BCUT2D eigenvalue weighted by molar-refractivity contribution is 7.89. The molecule has 2 aromatic rings. The molecule has 7 heteroatoms. The van der Waals surface area contributed by atoms with Gasteiger partial charge in [0.1, 0.15) is 0 Å². The van der Waals surface area contributed by atoms with Crippen molar-refractivity contribution < 1.29 is 8.42 Å². The van der Waals surface area contributed by atoms with Crippen LogP contribution in [0.25, 0.3) is 0 Å². The van der Waals surface area contributed by atoms with Crippen LogP contribution in [-0.4, -0.2) is 18.6 Å². The molecule has 0 unspecified atom stereocenters. The fourth-order valence-corrected chi connectivity index (χ4v) is 2.78. The summed E-state index contributed by atoms with van der Waals surface area (Å²) in [5.74, 6) is 0. The Morgan fingerprint density at radius 1 is 1.30 bits per heavy atom. The van der Waals surface area contributed by atoms with Gasteiger partial charge >= 0.3 is 0 Å². The maximum absolute atomic E-state index is 12.1. The Morgan fingerprint density at radius 3 is 2.70 bits per heavy atom. The average molecular weight is 292 g/mol. The van der Waals surface area contributed by atoms with Gasteiger partial charge in [-0.25, -0.2) is 13.1 Å². The molecule has 1 aromatic heterocycles. The molecule has 6 nitrogen and oxygen atoms in total. The number of nitrogen functional groups attached to an aromatic ring is 1. The molecule has 20 heavy (non-hydrogen) atoms. The minimum atomic E-state index is -3.60. The predicted octanol–water partition coefficient (Wildman–Crippen LogP) is 1.10. The lowest BCUT2D eigenvalue weighted by Crippen LogP contribution is -2.24. The SMILES string of the molecule is CCc1ccc(S(=O)(=O)NCc2cccnn2)cc1N. The van der Waals surface area contributed by atoms with E-state index < -0.39 is 10.0 Å². The van der Waals surface area contributed by atoms with Crippen molar-refractivity contribution in [2.24, 2.45) is 0 Å². The van der Waals surface area contributed by atoms with Gasteiger partial charge in [0.25, 0.3) is 0 Å². The first kappa shape index (κ1) is 14.4. The number of anilines is 1. The van der Waals surface area contributed by atoms with Gasteiger partial charge in [-0.2, -0.15) is 10.2 Å². The lowest BCUT2D eigenvalue weighted by atomic mass is 10.1. The maximum atomic E-state index is 12.1. The lowest BCUT2D eigenvalue weighted by Gasteiger charge is -2.09. The van der Waals surface area contributed by atoms with Crippen molar-refractivity contribution in [3.63, 3.8) is 0 Å². The zero-order valence-electron chi connectivity index (χ0n) is 11.1. The van der Waals surface area contributed by atoms with Crippen LogP contribution in [0.1, 0.15) is 18.2 Å². The molecule has 106 valence electrons. The highest BCUT2D eigenvalue weighted by atomic mass is 32.2. The van der Waals surface area contributed by atoms with Gasteiger partial charge in [-0.15, -0.1) is 0 Å². The van der Waals surface area contributed by atoms with E-state index in [1.165, 1.54) is 12.3 Å². The number of aromatic nitrogens is 2. The largest absolute Gasteiger partial charge is 0.398 e. The summed E-state index contributed by atoms with van der Waals surface area (Å²) in [5.41, 5.74) is 7.78. The summed E-state index contributed by atoms with van der Waals surface area (Å²) in [4.78, 5) is 0.149. The molecule has 1 aromatic carbocycles. The Balaban J connectivity index is 2.16. The zero-order chi connectivity index (χ0) is 14.6. The molecule has 1 heterocycles. The van der Waals surface area contributed by atoms with Crippen molar-refractivity contribution in [3.8, 4) is 0 Å². The van der Waals surface area contributed by atoms with Gasteiger partial charge in [-0.1, -0.05) is 13.0 Å². The van der Waals surface area contributed by atoms with Crippen molar-refractivity contribution in [2.45, 2.75) is 24.8 Å². The van der Waals surface area contributed by atoms with Crippen LogP contribution < -0.4 is 10.5 Å². The summed E-state index contributed by atoms with van der Waals surface area (Å²) in [6.45, 7) is 2.05. The fourth-order valence-electron chi connectivity index (χ4n) is 1.74. The number of nitrogens with two attached hydrogens (primary N) is 1. The molecule has 3 N–H and O–H groups in total. The van der Waals surface area contributed by atoms with Crippen molar-refractivity contribution in [2.75, 3.05) is 5.73 Å². The third kappa shape index (κ3) is 3.31. The quantitative estimate of drug-likeness (QED) is 0.804. The van der Waals surface area contributed by atoms with Crippen LogP contribution in [0.3, 0.4) is 0 Å². The van der Waals surface area contributed by atoms with Crippen LogP contribution in [-0.2, 0) is 23.0 Å². The Labute approximate surface area is 118 Å². The Hall–Kier alpha value is -1.99. The van der Waals surface area contributed by atoms with E-state index in [0.29, 0.717) is 11.4 Å². The van der Waals surface area contributed by atoms with Crippen LogP contribution >= 0.6 is 0 Å². The van der Waals surface area contributed by atoms with E-state index >= 15 is 0 Å². The normalized spacial score (nSPS) is 11.4.